The third-order valence-corrected chi connectivity index (χ3v) is 4.05. The third kappa shape index (κ3) is 6.80. The largest absolute Gasteiger partial charge is 0.465 e. The monoisotopic (exact) mass is 279 g/mol. The molecule has 1 amide bonds. The maximum absolute atomic E-state index is 10.9. The molecule has 2 N–H and O–H groups in total. The number of carboxylic acid groups (broad SMARTS) is 1. The molecule has 0 unspecified atom stereocenters. The van der Waals surface area contributed by atoms with Crippen molar-refractivity contribution < 1.29 is 23.1 Å². The summed E-state index contributed by atoms with van der Waals surface area (Å²) in [6.45, 7) is 0.453. The Hall–Kier alpha value is -0.820. The molecular formula is C11H21NO5S. The third-order valence-electron chi connectivity index (χ3n) is 3.01. The minimum absolute atomic E-state index is 0.0263. The second kappa shape index (κ2) is 6.94. The normalized spacial score (nSPS) is 24.7. The first-order valence-corrected chi connectivity index (χ1v) is 8.21. The molecule has 0 bridgehead atoms. The summed E-state index contributed by atoms with van der Waals surface area (Å²) in [5.41, 5.74) is 0. The predicted molar refractivity (Wildman–Crippen MR) is 67.5 cm³/mol. The van der Waals surface area contributed by atoms with Crippen LogP contribution in [0.4, 0.5) is 4.79 Å². The molecular weight excluding hydrogens is 258 g/mol. The van der Waals surface area contributed by atoms with Gasteiger partial charge in [-0.3, -0.25) is 0 Å². The van der Waals surface area contributed by atoms with Crippen LogP contribution in [0.25, 0.3) is 0 Å². The van der Waals surface area contributed by atoms with E-state index in [1.807, 2.05) is 0 Å². The van der Waals surface area contributed by atoms with Crippen molar-refractivity contribution in [1.29, 1.82) is 0 Å². The van der Waals surface area contributed by atoms with Gasteiger partial charge < -0.3 is 15.2 Å². The zero-order valence-electron chi connectivity index (χ0n) is 10.6. The van der Waals surface area contributed by atoms with Gasteiger partial charge in [-0.2, -0.15) is 0 Å². The van der Waals surface area contributed by atoms with Gasteiger partial charge in [0.15, 0.2) is 0 Å². The molecule has 1 fully saturated rings. The zero-order chi connectivity index (χ0) is 13.6. The average molecular weight is 279 g/mol. The molecule has 0 radical (unpaired) electrons. The Balaban J connectivity index is 2.10. The maximum atomic E-state index is 10.9. The Morgan fingerprint density at radius 2 is 1.94 bits per heavy atom. The van der Waals surface area contributed by atoms with Crippen molar-refractivity contribution in [3.05, 3.63) is 0 Å². The van der Waals surface area contributed by atoms with E-state index in [0.29, 0.717) is 13.0 Å². The molecule has 1 aliphatic rings. The fourth-order valence-corrected chi connectivity index (χ4v) is 2.76. The van der Waals surface area contributed by atoms with E-state index in [4.69, 9.17) is 9.84 Å². The Kier molecular flexibility index (Phi) is 5.87. The second-order valence-electron chi connectivity index (χ2n) is 4.78. The lowest BCUT2D eigenvalue weighted by atomic mass is 9.93. The van der Waals surface area contributed by atoms with Crippen LogP contribution in [0.3, 0.4) is 0 Å². The highest BCUT2D eigenvalue weighted by molar-refractivity contribution is 7.90. The van der Waals surface area contributed by atoms with E-state index >= 15 is 0 Å². The van der Waals surface area contributed by atoms with Gasteiger partial charge in [-0.05, 0) is 32.1 Å². The second-order valence-corrected chi connectivity index (χ2v) is 7.04. The zero-order valence-corrected chi connectivity index (χ0v) is 11.4. The summed E-state index contributed by atoms with van der Waals surface area (Å²) in [5, 5.41) is 11.1. The molecule has 0 aromatic heterocycles. The lowest BCUT2D eigenvalue weighted by Gasteiger charge is -2.28. The van der Waals surface area contributed by atoms with Crippen LogP contribution in [-0.2, 0) is 14.6 Å². The fraction of sp³-hybridized carbons (Fsp3) is 0.909. The number of hydrogen-bond donors (Lipinski definition) is 2. The molecule has 0 heterocycles. The highest BCUT2D eigenvalue weighted by Gasteiger charge is 2.22. The van der Waals surface area contributed by atoms with Crippen LogP contribution < -0.4 is 5.32 Å². The minimum atomic E-state index is -2.90. The summed E-state index contributed by atoms with van der Waals surface area (Å²) < 4.78 is 27.4. The Morgan fingerprint density at radius 1 is 1.33 bits per heavy atom. The van der Waals surface area contributed by atoms with Crippen LogP contribution in [0.1, 0.15) is 32.1 Å². The van der Waals surface area contributed by atoms with Crippen LogP contribution >= 0.6 is 0 Å². The van der Waals surface area contributed by atoms with Crippen molar-refractivity contribution in [3.63, 3.8) is 0 Å². The molecule has 0 saturated heterocycles. The van der Waals surface area contributed by atoms with E-state index in [1.54, 1.807) is 0 Å². The molecule has 1 rings (SSSR count). The van der Waals surface area contributed by atoms with E-state index < -0.39 is 15.9 Å². The van der Waals surface area contributed by atoms with E-state index in [1.165, 1.54) is 6.26 Å². The summed E-state index contributed by atoms with van der Waals surface area (Å²) in [7, 11) is -2.90. The Morgan fingerprint density at radius 3 is 2.44 bits per heavy atom. The van der Waals surface area contributed by atoms with Gasteiger partial charge in [0, 0.05) is 18.9 Å². The quantitative estimate of drug-likeness (QED) is 0.708. The van der Waals surface area contributed by atoms with Crippen molar-refractivity contribution in [2.75, 3.05) is 18.6 Å². The molecule has 6 nitrogen and oxygen atoms in total. The number of amides is 1. The molecule has 7 heteroatoms. The van der Waals surface area contributed by atoms with Gasteiger partial charge in [-0.1, -0.05) is 0 Å². The molecule has 1 aliphatic carbocycles. The van der Waals surface area contributed by atoms with Gasteiger partial charge in [-0.15, -0.1) is 0 Å². The first-order valence-electron chi connectivity index (χ1n) is 6.15. The van der Waals surface area contributed by atoms with Crippen LogP contribution in [0, 0.1) is 0 Å². The standard InChI is InChI=1S/C11H21NO5S/c1-18(15,16)8-2-7-17-10-5-3-9(4-6-10)12-11(13)14/h9-10,12H,2-8H2,1H3,(H,13,14). The predicted octanol–water partition coefficient (Wildman–Crippen LogP) is 1.02. The Labute approximate surface area is 108 Å². The van der Waals surface area contributed by atoms with E-state index in [-0.39, 0.29) is 17.9 Å². The highest BCUT2D eigenvalue weighted by atomic mass is 32.2. The number of sulfone groups is 1. The van der Waals surface area contributed by atoms with E-state index in [0.717, 1.165) is 25.7 Å². The number of nitrogens with one attached hydrogen (secondary N) is 1. The summed E-state index contributed by atoms with van der Waals surface area (Å²) in [6, 6.07) is 0.0263. The molecule has 0 spiro atoms. The minimum Gasteiger partial charge on any atom is -0.465 e. The fourth-order valence-electron chi connectivity index (χ4n) is 2.12. The van der Waals surface area contributed by atoms with Crippen LogP contribution in [0.15, 0.2) is 0 Å². The topological polar surface area (TPSA) is 92.7 Å². The number of carbonyl (C=O) groups is 1. The molecule has 0 aromatic carbocycles. The summed E-state index contributed by atoms with van der Waals surface area (Å²) in [6.07, 6.45) is 4.10. The SMILES string of the molecule is CS(=O)(=O)CCCOC1CCC(NC(=O)O)CC1. The van der Waals surface area contributed by atoms with Gasteiger partial charge in [-0.25, -0.2) is 13.2 Å². The maximum Gasteiger partial charge on any atom is 0.404 e. The molecule has 0 aliphatic heterocycles. The molecule has 0 atom stereocenters. The van der Waals surface area contributed by atoms with Gasteiger partial charge in [0.05, 0.1) is 11.9 Å². The van der Waals surface area contributed by atoms with Gasteiger partial charge in [0.1, 0.15) is 9.84 Å². The molecule has 18 heavy (non-hydrogen) atoms. The van der Waals surface area contributed by atoms with Crippen molar-refractivity contribution in [2.24, 2.45) is 0 Å². The van der Waals surface area contributed by atoms with Crippen molar-refractivity contribution >= 4 is 15.9 Å². The molecule has 0 aromatic rings. The van der Waals surface area contributed by atoms with Crippen molar-refractivity contribution in [1.82, 2.24) is 5.32 Å². The first-order chi connectivity index (χ1) is 8.37. The average Bonchev–Trinajstić information content (AvgIpc) is 2.24. The number of rotatable bonds is 6. The lowest BCUT2D eigenvalue weighted by Crippen LogP contribution is -2.38. The lowest BCUT2D eigenvalue weighted by molar-refractivity contribution is 0.0233. The molecule has 1 saturated carbocycles. The van der Waals surface area contributed by atoms with Crippen LogP contribution in [-0.4, -0.2) is 50.4 Å². The van der Waals surface area contributed by atoms with Crippen LogP contribution in [0.5, 0.6) is 0 Å². The summed E-state index contributed by atoms with van der Waals surface area (Å²) >= 11 is 0. The molecule has 106 valence electrons. The van der Waals surface area contributed by atoms with Gasteiger partial charge >= 0.3 is 6.09 Å². The first kappa shape index (κ1) is 15.2. The van der Waals surface area contributed by atoms with Gasteiger partial charge in [0.25, 0.3) is 0 Å². The summed E-state index contributed by atoms with van der Waals surface area (Å²) in [4.78, 5) is 10.5. The van der Waals surface area contributed by atoms with E-state index in [2.05, 4.69) is 5.32 Å². The Bertz CT molecular complexity index is 360. The van der Waals surface area contributed by atoms with Gasteiger partial charge in [0.2, 0.25) is 0 Å². The summed E-state index contributed by atoms with van der Waals surface area (Å²) in [5.74, 6) is 0.156. The number of hydrogen-bond acceptors (Lipinski definition) is 4. The van der Waals surface area contributed by atoms with Crippen LogP contribution in [0.2, 0.25) is 0 Å². The smallest absolute Gasteiger partial charge is 0.404 e. The van der Waals surface area contributed by atoms with Crippen molar-refractivity contribution in [2.45, 2.75) is 44.2 Å². The highest BCUT2D eigenvalue weighted by Crippen LogP contribution is 2.21. The number of ether oxygens (including phenoxy) is 1. The van der Waals surface area contributed by atoms with Crippen molar-refractivity contribution in [3.8, 4) is 0 Å². The van der Waals surface area contributed by atoms with E-state index in [9.17, 15) is 13.2 Å².